The normalized spacial score (nSPS) is 35.6. The molecule has 0 N–H and O–H groups in total. The van der Waals surface area contributed by atoms with Crippen LogP contribution in [0.5, 0.6) is 0 Å². The molecule has 0 heterocycles. The Morgan fingerprint density at radius 1 is 0.577 bits per heavy atom. The van der Waals surface area contributed by atoms with Gasteiger partial charge in [0.25, 0.3) is 0 Å². The van der Waals surface area contributed by atoms with Crippen LogP contribution in [0, 0.1) is 53.4 Å². The van der Waals surface area contributed by atoms with Crippen LogP contribution >= 0.6 is 0 Å². The van der Waals surface area contributed by atoms with Crippen LogP contribution < -0.4 is 0 Å². The minimum Gasteiger partial charge on any atom is -0.358 e. The summed E-state index contributed by atoms with van der Waals surface area (Å²) in [7, 11) is -1.22. The quantitative estimate of drug-likeness (QED) is 0.253. The van der Waals surface area contributed by atoms with Gasteiger partial charge < -0.3 is 29.7 Å². The molecule has 144 valence electrons. The smallest absolute Gasteiger partial charge is 0.358 e. The van der Waals surface area contributed by atoms with Crippen LogP contribution in [0.15, 0.2) is 48.6 Å². The maximum atomic E-state index is 2.71. The third kappa shape index (κ3) is 4.72. The molecule has 6 atom stereocenters. The molecule has 0 aromatic heterocycles. The molecule has 0 saturated heterocycles. The average molecular weight is 535 g/mol. The predicted molar refractivity (Wildman–Crippen MR) is 120 cm³/mol. The molecule has 0 nitrogen and oxygen atoms in total. The SMILES string of the molecule is C[Si](C)(C1CCC2C=CC=CC21)C1CCC2C=CC=CC21.[CH3-].[CH3-].[CH3-].[CH3-].[Hf+4]. The zero-order chi connectivity index (χ0) is 14.4. The van der Waals surface area contributed by atoms with E-state index >= 15 is 0 Å². The van der Waals surface area contributed by atoms with E-state index in [1.54, 1.807) is 0 Å². The molecule has 4 aliphatic carbocycles. The van der Waals surface area contributed by atoms with E-state index in [1.807, 2.05) is 0 Å². The second-order valence-corrected chi connectivity index (χ2v) is 13.3. The average Bonchev–Trinajstić information content (AvgIpc) is 3.12. The van der Waals surface area contributed by atoms with Crippen molar-refractivity contribution in [2.75, 3.05) is 0 Å². The summed E-state index contributed by atoms with van der Waals surface area (Å²) in [6.45, 7) is 5.43. The Labute approximate surface area is 185 Å². The summed E-state index contributed by atoms with van der Waals surface area (Å²) in [5, 5.41) is 0. The summed E-state index contributed by atoms with van der Waals surface area (Å²) in [4.78, 5) is 0. The fourth-order valence-electron chi connectivity index (χ4n) is 5.92. The molecule has 2 fully saturated rings. The van der Waals surface area contributed by atoms with Gasteiger partial charge in [-0.05, 0) is 47.6 Å². The third-order valence-electron chi connectivity index (χ3n) is 7.06. The first-order chi connectivity index (χ1) is 10.2. The van der Waals surface area contributed by atoms with E-state index in [2.05, 4.69) is 61.7 Å². The first-order valence-electron chi connectivity index (χ1n) is 8.88. The Kier molecular flexibility index (Phi) is 12.1. The Bertz CT molecular complexity index is 482. The van der Waals surface area contributed by atoms with E-state index in [0.717, 1.165) is 34.8 Å². The van der Waals surface area contributed by atoms with Crippen molar-refractivity contribution in [3.63, 3.8) is 0 Å². The maximum Gasteiger partial charge on any atom is 4.00 e. The van der Waals surface area contributed by atoms with Gasteiger partial charge in [-0.3, -0.25) is 0 Å². The van der Waals surface area contributed by atoms with Crippen molar-refractivity contribution in [1.29, 1.82) is 0 Å². The summed E-state index contributed by atoms with van der Waals surface area (Å²) < 4.78 is 0. The molecule has 2 saturated carbocycles. The minimum absolute atomic E-state index is 0. The molecule has 0 spiro atoms. The standard InChI is InChI=1S/C20H28Si.4CH3.Hf/c1-21(2,19-13-11-15-7-3-5-9-17(15)19)20-14-12-16-8-4-6-10-18(16)20;;;;;/h3-10,15-20H,11-14H2,1-2H3;4*1H3;/q;4*-1;+4. The Morgan fingerprint density at radius 2 is 0.923 bits per heavy atom. The zero-order valence-corrected chi connectivity index (χ0v) is 22.5. The van der Waals surface area contributed by atoms with Crippen molar-refractivity contribution in [3.8, 4) is 0 Å². The van der Waals surface area contributed by atoms with Crippen LogP contribution in [0.25, 0.3) is 0 Å². The van der Waals surface area contributed by atoms with Crippen LogP contribution in [0.1, 0.15) is 25.7 Å². The van der Waals surface area contributed by atoms with Crippen LogP contribution in [0.4, 0.5) is 0 Å². The molecule has 0 aromatic carbocycles. The van der Waals surface area contributed by atoms with Crippen LogP contribution in [0.2, 0.25) is 24.2 Å². The molecule has 2 heteroatoms. The van der Waals surface area contributed by atoms with Crippen LogP contribution in [0.3, 0.4) is 0 Å². The van der Waals surface area contributed by atoms with Gasteiger partial charge in [-0.1, -0.05) is 74.5 Å². The molecule has 0 bridgehead atoms. The van der Waals surface area contributed by atoms with E-state index in [1.165, 1.54) is 25.7 Å². The van der Waals surface area contributed by atoms with Crippen molar-refractivity contribution in [2.24, 2.45) is 23.7 Å². The van der Waals surface area contributed by atoms with Gasteiger partial charge in [0, 0.05) is 0 Å². The van der Waals surface area contributed by atoms with Crippen molar-refractivity contribution < 1.29 is 25.8 Å². The summed E-state index contributed by atoms with van der Waals surface area (Å²) in [6, 6.07) is 0. The van der Waals surface area contributed by atoms with Gasteiger partial charge >= 0.3 is 25.8 Å². The molecule has 0 aromatic rings. The van der Waals surface area contributed by atoms with Gasteiger partial charge in [-0.25, -0.2) is 0 Å². The van der Waals surface area contributed by atoms with Gasteiger partial charge in [0.05, 0.1) is 8.07 Å². The van der Waals surface area contributed by atoms with Gasteiger partial charge in [-0.15, -0.1) is 0 Å². The van der Waals surface area contributed by atoms with Crippen molar-refractivity contribution in [2.45, 2.75) is 49.9 Å². The molecule has 26 heavy (non-hydrogen) atoms. The molecule has 0 amide bonds. The molecule has 6 unspecified atom stereocenters. The number of hydrogen-bond donors (Lipinski definition) is 0. The summed E-state index contributed by atoms with van der Waals surface area (Å²) in [5.74, 6) is 3.43. The van der Waals surface area contributed by atoms with Gasteiger partial charge in [0.1, 0.15) is 0 Å². The number of fused-ring (bicyclic) bond motifs is 2. The van der Waals surface area contributed by atoms with E-state index < -0.39 is 8.07 Å². The first-order valence-corrected chi connectivity index (χ1v) is 12.0. The molecule has 0 radical (unpaired) electrons. The van der Waals surface area contributed by atoms with E-state index in [4.69, 9.17) is 0 Å². The van der Waals surface area contributed by atoms with E-state index in [9.17, 15) is 0 Å². The van der Waals surface area contributed by atoms with Gasteiger partial charge in [0.15, 0.2) is 0 Å². The number of rotatable bonds is 2. The van der Waals surface area contributed by atoms with Crippen LogP contribution in [-0.2, 0) is 25.8 Å². The van der Waals surface area contributed by atoms with E-state index in [0.29, 0.717) is 0 Å². The molecule has 4 aliphatic rings. The Hall–Kier alpha value is 0.0470. The largest absolute Gasteiger partial charge is 4.00 e. The fourth-order valence-corrected chi connectivity index (χ4v) is 11.0. The predicted octanol–water partition coefficient (Wildman–Crippen LogP) is 7.54. The first kappa shape index (κ1) is 28.3. The second kappa shape index (κ2) is 11.1. The number of allylic oxidation sites excluding steroid dienone is 8. The summed E-state index contributed by atoms with van der Waals surface area (Å²) >= 11 is 0. The molecular weight excluding hydrogens is 495 g/mol. The Balaban J connectivity index is 0. The van der Waals surface area contributed by atoms with Gasteiger partial charge in [-0.2, -0.15) is 0 Å². The van der Waals surface area contributed by atoms with Crippen molar-refractivity contribution in [1.82, 2.24) is 0 Å². The van der Waals surface area contributed by atoms with Crippen molar-refractivity contribution in [3.05, 3.63) is 78.3 Å². The second-order valence-electron chi connectivity index (χ2n) is 8.21. The molecule has 0 aliphatic heterocycles. The maximum absolute atomic E-state index is 2.71. The van der Waals surface area contributed by atoms with E-state index in [-0.39, 0.29) is 55.5 Å². The fraction of sp³-hybridized carbons (Fsp3) is 0.500. The molecular formula is C24H40HfSi. The zero-order valence-electron chi connectivity index (χ0n) is 17.9. The third-order valence-corrected chi connectivity index (χ3v) is 12.2. The van der Waals surface area contributed by atoms with Gasteiger partial charge in [0.2, 0.25) is 0 Å². The number of hydrogen-bond acceptors (Lipinski definition) is 0. The molecule has 4 rings (SSSR count). The minimum atomic E-state index is -1.22. The van der Waals surface area contributed by atoms with Crippen LogP contribution in [-0.4, -0.2) is 8.07 Å². The summed E-state index contributed by atoms with van der Waals surface area (Å²) in [5.41, 5.74) is 2.01. The topological polar surface area (TPSA) is 0 Å². The Morgan fingerprint density at radius 3 is 1.31 bits per heavy atom. The monoisotopic (exact) mass is 536 g/mol. The van der Waals surface area contributed by atoms with Crippen molar-refractivity contribution >= 4 is 8.07 Å². The summed E-state index contributed by atoms with van der Waals surface area (Å²) in [6.07, 6.45) is 25.1.